The van der Waals surface area contributed by atoms with E-state index in [9.17, 15) is 9.59 Å². The summed E-state index contributed by atoms with van der Waals surface area (Å²) in [6, 6.07) is 5.10. The van der Waals surface area contributed by atoms with Crippen molar-refractivity contribution >= 4 is 5.91 Å². The van der Waals surface area contributed by atoms with Crippen molar-refractivity contribution in [3.8, 4) is 0 Å². The second-order valence-electron chi connectivity index (χ2n) is 6.03. The van der Waals surface area contributed by atoms with Crippen LogP contribution in [-0.2, 0) is 16.1 Å². The quantitative estimate of drug-likeness (QED) is 0.858. The van der Waals surface area contributed by atoms with Crippen LogP contribution in [0.3, 0.4) is 0 Å². The molecule has 22 heavy (non-hydrogen) atoms. The van der Waals surface area contributed by atoms with Gasteiger partial charge >= 0.3 is 0 Å². The molecule has 6 nitrogen and oxygen atoms in total. The first-order valence-corrected chi connectivity index (χ1v) is 7.77. The van der Waals surface area contributed by atoms with E-state index < -0.39 is 0 Å². The van der Waals surface area contributed by atoms with E-state index in [1.54, 1.807) is 18.3 Å². The predicted molar refractivity (Wildman–Crippen MR) is 84.8 cm³/mol. The molecule has 1 saturated heterocycles. The highest BCUT2D eigenvalue weighted by Gasteiger charge is 2.25. The zero-order valence-electron chi connectivity index (χ0n) is 13.5. The third-order valence-electron chi connectivity index (χ3n) is 3.88. The van der Waals surface area contributed by atoms with Crippen molar-refractivity contribution in [1.29, 1.82) is 0 Å². The van der Waals surface area contributed by atoms with E-state index in [4.69, 9.17) is 4.74 Å². The number of morpholine rings is 1. The molecule has 0 bridgehead atoms. The van der Waals surface area contributed by atoms with Crippen molar-refractivity contribution in [2.45, 2.75) is 45.6 Å². The molecule has 1 N–H and O–H groups in total. The summed E-state index contributed by atoms with van der Waals surface area (Å²) in [6.07, 6.45) is 2.05. The summed E-state index contributed by atoms with van der Waals surface area (Å²) in [7, 11) is 0. The monoisotopic (exact) mass is 307 g/mol. The molecule has 1 aliphatic heterocycles. The van der Waals surface area contributed by atoms with Gasteiger partial charge in [0.25, 0.3) is 5.56 Å². The third-order valence-corrected chi connectivity index (χ3v) is 3.88. The van der Waals surface area contributed by atoms with Crippen LogP contribution in [-0.4, -0.2) is 53.3 Å². The fourth-order valence-corrected chi connectivity index (χ4v) is 2.77. The van der Waals surface area contributed by atoms with Crippen LogP contribution in [0.1, 0.15) is 20.8 Å². The molecule has 1 aromatic heterocycles. The first kappa shape index (κ1) is 16.7. The minimum absolute atomic E-state index is 0.0578. The van der Waals surface area contributed by atoms with Crippen LogP contribution in [0.2, 0.25) is 0 Å². The van der Waals surface area contributed by atoms with Gasteiger partial charge in [0.15, 0.2) is 0 Å². The average Bonchev–Trinajstić information content (AvgIpc) is 2.46. The minimum atomic E-state index is -0.165. The zero-order valence-corrected chi connectivity index (χ0v) is 13.5. The topological polar surface area (TPSA) is 63.6 Å². The molecule has 1 aromatic rings. The Morgan fingerprint density at radius 1 is 1.36 bits per heavy atom. The summed E-state index contributed by atoms with van der Waals surface area (Å²) in [4.78, 5) is 25.9. The molecule has 1 aliphatic rings. The lowest BCUT2D eigenvalue weighted by Gasteiger charge is -2.39. The van der Waals surface area contributed by atoms with Gasteiger partial charge in [-0.1, -0.05) is 6.07 Å². The van der Waals surface area contributed by atoms with Crippen LogP contribution < -0.4 is 10.9 Å². The van der Waals surface area contributed by atoms with Gasteiger partial charge in [-0.2, -0.15) is 0 Å². The van der Waals surface area contributed by atoms with E-state index in [0.29, 0.717) is 6.54 Å². The average molecular weight is 307 g/mol. The molecule has 2 rings (SSSR count). The lowest BCUT2D eigenvalue weighted by Crippen LogP contribution is -2.52. The van der Waals surface area contributed by atoms with Gasteiger partial charge in [-0.3, -0.25) is 14.5 Å². The van der Waals surface area contributed by atoms with Gasteiger partial charge in [0.2, 0.25) is 5.91 Å². The maximum Gasteiger partial charge on any atom is 0.250 e. The van der Waals surface area contributed by atoms with Crippen molar-refractivity contribution in [3.05, 3.63) is 34.7 Å². The first-order valence-electron chi connectivity index (χ1n) is 7.77. The third kappa shape index (κ3) is 4.68. The molecule has 0 aromatic carbocycles. The summed E-state index contributed by atoms with van der Waals surface area (Å²) in [5.74, 6) is -0.144. The molecule has 0 radical (unpaired) electrons. The van der Waals surface area contributed by atoms with Gasteiger partial charge in [-0.25, -0.2) is 0 Å². The van der Waals surface area contributed by atoms with Gasteiger partial charge in [0.1, 0.15) is 6.54 Å². The number of hydrogen-bond donors (Lipinski definition) is 1. The normalized spacial score (nSPS) is 24.0. The second kappa shape index (κ2) is 7.56. The van der Waals surface area contributed by atoms with E-state index >= 15 is 0 Å². The number of carbonyl (C=O) groups excluding carboxylic acids is 1. The van der Waals surface area contributed by atoms with Crippen molar-refractivity contribution in [2.75, 3.05) is 19.6 Å². The molecule has 122 valence electrons. The summed E-state index contributed by atoms with van der Waals surface area (Å²) in [5.41, 5.74) is -0.165. The SMILES string of the molecule is C[C@@H]1CN([C@H](C)CNC(=O)Cn2ccccc2=O)C[C@H](C)O1. The molecule has 3 atom stereocenters. The van der Waals surface area contributed by atoms with Gasteiger partial charge in [-0.15, -0.1) is 0 Å². The summed E-state index contributed by atoms with van der Waals surface area (Å²) < 4.78 is 7.12. The summed E-state index contributed by atoms with van der Waals surface area (Å²) in [5, 5.41) is 2.90. The highest BCUT2D eigenvalue weighted by molar-refractivity contribution is 5.75. The molecule has 2 heterocycles. The zero-order chi connectivity index (χ0) is 16.1. The molecule has 0 aliphatic carbocycles. The Morgan fingerprint density at radius 3 is 2.68 bits per heavy atom. The number of nitrogens with zero attached hydrogens (tertiary/aromatic N) is 2. The largest absolute Gasteiger partial charge is 0.373 e. The standard InChI is InChI=1S/C16H25N3O3/c1-12(19-9-13(2)22-14(3)10-19)8-17-15(20)11-18-7-5-4-6-16(18)21/h4-7,12-14H,8-11H2,1-3H3,(H,17,20)/t12-,13-,14+/m1/s1. The van der Waals surface area contributed by atoms with Gasteiger partial charge in [0.05, 0.1) is 12.2 Å². The Hall–Kier alpha value is -1.66. The van der Waals surface area contributed by atoms with Crippen molar-refractivity contribution in [1.82, 2.24) is 14.8 Å². The number of carbonyl (C=O) groups is 1. The number of aromatic nitrogens is 1. The Labute approximate surface area is 131 Å². The van der Waals surface area contributed by atoms with Gasteiger partial charge < -0.3 is 14.6 Å². The number of nitrogens with one attached hydrogen (secondary N) is 1. The fourth-order valence-electron chi connectivity index (χ4n) is 2.77. The van der Waals surface area contributed by atoms with Crippen molar-refractivity contribution in [2.24, 2.45) is 0 Å². The lowest BCUT2D eigenvalue weighted by molar-refractivity contribution is -0.122. The Kier molecular flexibility index (Phi) is 5.74. The van der Waals surface area contributed by atoms with Crippen LogP contribution >= 0.6 is 0 Å². The fraction of sp³-hybridized carbons (Fsp3) is 0.625. The smallest absolute Gasteiger partial charge is 0.250 e. The van der Waals surface area contributed by atoms with E-state index in [2.05, 4.69) is 31.0 Å². The molecular weight excluding hydrogens is 282 g/mol. The van der Waals surface area contributed by atoms with E-state index in [1.165, 1.54) is 10.6 Å². The molecule has 0 spiro atoms. The molecule has 6 heteroatoms. The van der Waals surface area contributed by atoms with Crippen LogP contribution in [0.15, 0.2) is 29.2 Å². The van der Waals surface area contributed by atoms with E-state index in [-0.39, 0.29) is 36.3 Å². The number of amides is 1. The Balaban J connectivity index is 1.80. The van der Waals surface area contributed by atoms with Gasteiger partial charge in [-0.05, 0) is 26.8 Å². The minimum Gasteiger partial charge on any atom is -0.373 e. The van der Waals surface area contributed by atoms with Crippen LogP contribution in [0.25, 0.3) is 0 Å². The predicted octanol–water partition coefficient (Wildman–Crippen LogP) is 0.462. The first-order chi connectivity index (χ1) is 10.5. The maximum atomic E-state index is 12.0. The van der Waals surface area contributed by atoms with Crippen LogP contribution in [0, 0.1) is 0 Å². The molecule has 0 unspecified atom stereocenters. The molecular formula is C16H25N3O3. The number of hydrogen-bond acceptors (Lipinski definition) is 4. The Morgan fingerprint density at radius 2 is 2.05 bits per heavy atom. The molecule has 0 saturated carbocycles. The maximum absolute atomic E-state index is 12.0. The second-order valence-corrected chi connectivity index (χ2v) is 6.03. The lowest BCUT2D eigenvalue weighted by atomic mass is 10.1. The van der Waals surface area contributed by atoms with Crippen LogP contribution in [0.4, 0.5) is 0 Å². The highest BCUT2D eigenvalue weighted by atomic mass is 16.5. The van der Waals surface area contributed by atoms with E-state index in [0.717, 1.165) is 13.1 Å². The number of rotatable bonds is 5. The van der Waals surface area contributed by atoms with Crippen molar-refractivity contribution < 1.29 is 9.53 Å². The number of pyridine rings is 1. The van der Waals surface area contributed by atoms with Crippen molar-refractivity contribution in [3.63, 3.8) is 0 Å². The molecule has 1 amide bonds. The summed E-state index contributed by atoms with van der Waals surface area (Å²) in [6.45, 7) is 8.60. The highest BCUT2D eigenvalue weighted by Crippen LogP contribution is 2.13. The van der Waals surface area contributed by atoms with Gasteiger partial charge in [0, 0.05) is 37.9 Å². The summed E-state index contributed by atoms with van der Waals surface area (Å²) >= 11 is 0. The number of ether oxygens (including phenoxy) is 1. The Bertz CT molecular complexity index is 548. The van der Waals surface area contributed by atoms with Crippen LogP contribution in [0.5, 0.6) is 0 Å². The molecule has 1 fully saturated rings. The van der Waals surface area contributed by atoms with E-state index in [1.807, 2.05) is 0 Å².